The number of aromatic nitrogens is 1. The van der Waals surface area contributed by atoms with Crippen molar-refractivity contribution in [3.05, 3.63) is 82.6 Å². The molecule has 0 unspecified atom stereocenters. The van der Waals surface area contributed by atoms with Gasteiger partial charge in [-0.1, -0.05) is 72.6 Å². The lowest BCUT2D eigenvalue weighted by atomic mass is 9.96. The molecule has 1 aromatic heterocycles. The topological polar surface area (TPSA) is 55.1 Å². The molecule has 0 aliphatic heterocycles. The fraction of sp³-hybridized carbons (Fsp3) is 0.250. The lowest BCUT2D eigenvalue weighted by Gasteiger charge is -2.12. The molecule has 1 N–H and O–H groups in total. The predicted molar refractivity (Wildman–Crippen MR) is 118 cm³/mol. The van der Waals surface area contributed by atoms with Gasteiger partial charge >= 0.3 is 0 Å². The lowest BCUT2D eigenvalue weighted by Crippen LogP contribution is -2.24. The van der Waals surface area contributed by atoms with Crippen LogP contribution in [0, 0.1) is 6.92 Å². The van der Waals surface area contributed by atoms with Crippen molar-refractivity contribution in [3.8, 4) is 11.3 Å². The molecule has 5 heteroatoms. The van der Waals surface area contributed by atoms with Crippen LogP contribution in [0.2, 0.25) is 5.02 Å². The average Bonchev–Trinajstić information content (AvgIpc) is 3.23. The summed E-state index contributed by atoms with van der Waals surface area (Å²) in [5, 5.41) is 7.64. The SMILES string of the molecule is CCCC=C(CCNC(=O)c1cc(-c2ccccc2)no1)c1cc(Cl)ccc1C. The third kappa shape index (κ3) is 5.58. The number of aryl methyl sites for hydroxylation is 1. The molecule has 1 amide bonds. The summed E-state index contributed by atoms with van der Waals surface area (Å²) >= 11 is 6.20. The van der Waals surface area contributed by atoms with E-state index in [1.54, 1.807) is 6.07 Å². The van der Waals surface area contributed by atoms with E-state index in [0.717, 1.165) is 24.0 Å². The monoisotopic (exact) mass is 408 g/mol. The highest BCUT2D eigenvalue weighted by molar-refractivity contribution is 6.30. The molecule has 0 saturated carbocycles. The highest BCUT2D eigenvalue weighted by Gasteiger charge is 2.14. The van der Waals surface area contributed by atoms with Gasteiger partial charge in [0.2, 0.25) is 5.76 Å². The van der Waals surface area contributed by atoms with Crippen LogP contribution in [-0.4, -0.2) is 17.6 Å². The minimum Gasteiger partial charge on any atom is -0.350 e. The number of nitrogens with zero attached hydrogens (tertiary/aromatic N) is 1. The van der Waals surface area contributed by atoms with Gasteiger partial charge in [-0.3, -0.25) is 4.79 Å². The van der Waals surface area contributed by atoms with Crippen LogP contribution in [0.5, 0.6) is 0 Å². The number of amides is 1. The van der Waals surface area contributed by atoms with Gasteiger partial charge in [0.15, 0.2) is 0 Å². The van der Waals surface area contributed by atoms with Crippen molar-refractivity contribution in [1.29, 1.82) is 0 Å². The van der Waals surface area contributed by atoms with E-state index >= 15 is 0 Å². The number of carbonyl (C=O) groups is 1. The number of nitrogens with one attached hydrogen (secondary N) is 1. The molecule has 4 nitrogen and oxygen atoms in total. The number of benzene rings is 2. The highest BCUT2D eigenvalue weighted by atomic mass is 35.5. The van der Waals surface area contributed by atoms with Crippen LogP contribution in [0.3, 0.4) is 0 Å². The molecular weight excluding hydrogens is 384 g/mol. The third-order valence-corrected chi connectivity index (χ3v) is 4.94. The van der Waals surface area contributed by atoms with Gasteiger partial charge in [-0.25, -0.2) is 0 Å². The Morgan fingerprint density at radius 2 is 1.97 bits per heavy atom. The van der Waals surface area contributed by atoms with Gasteiger partial charge in [0.25, 0.3) is 5.91 Å². The van der Waals surface area contributed by atoms with Crippen molar-refractivity contribution in [1.82, 2.24) is 10.5 Å². The number of hydrogen-bond donors (Lipinski definition) is 1. The Morgan fingerprint density at radius 1 is 1.17 bits per heavy atom. The van der Waals surface area contributed by atoms with E-state index in [-0.39, 0.29) is 11.7 Å². The second-order valence-corrected chi connectivity index (χ2v) is 7.36. The largest absolute Gasteiger partial charge is 0.350 e. The summed E-state index contributed by atoms with van der Waals surface area (Å²) in [5.41, 5.74) is 5.05. The second-order valence-electron chi connectivity index (χ2n) is 6.93. The van der Waals surface area contributed by atoms with Crippen LogP contribution in [0.4, 0.5) is 0 Å². The van der Waals surface area contributed by atoms with E-state index < -0.39 is 0 Å². The zero-order valence-electron chi connectivity index (χ0n) is 16.7. The first-order valence-corrected chi connectivity index (χ1v) is 10.2. The molecule has 0 aliphatic rings. The van der Waals surface area contributed by atoms with Gasteiger partial charge in [-0.15, -0.1) is 0 Å². The second kappa shape index (κ2) is 10.1. The number of halogens is 1. The quantitative estimate of drug-likeness (QED) is 0.475. The molecule has 29 heavy (non-hydrogen) atoms. The van der Waals surface area contributed by atoms with E-state index in [1.807, 2.05) is 48.5 Å². The Balaban J connectivity index is 1.64. The molecule has 2 aromatic carbocycles. The fourth-order valence-corrected chi connectivity index (χ4v) is 3.30. The summed E-state index contributed by atoms with van der Waals surface area (Å²) in [6.07, 6.45) is 4.99. The molecule has 0 radical (unpaired) electrons. The van der Waals surface area contributed by atoms with E-state index in [9.17, 15) is 4.79 Å². The molecule has 0 bridgehead atoms. The van der Waals surface area contributed by atoms with Crippen LogP contribution in [0.1, 0.15) is 47.9 Å². The number of allylic oxidation sites excluding steroid dienone is 1. The molecule has 0 aliphatic carbocycles. The smallest absolute Gasteiger partial charge is 0.289 e. The van der Waals surface area contributed by atoms with Gasteiger partial charge in [-0.2, -0.15) is 0 Å². The molecule has 0 spiro atoms. The summed E-state index contributed by atoms with van der Waals surface area (Å²) in [5.74, 6) is -0.0563. The van der Waals surface area contributed by atoms with E-state index in [2.05, 4.69) is 30.4 Å². The van der Waals surface area contributed by atoms with Crippen LogP contribution >= 0.6 is 11.6 Å². The first kappa shape index (κ1) is 20.9. The molecule has 3 aromatic rings. The van der Waals surface area contributed by atoms with E-state index in [0.29, 0.717) is 23.7 Å². The van der Waals surface area contributed by atoms with Crippen molar-refractivity contribution >= 4 is 23.1 Å². The van der Waals surface area contributed by atoms with Crippen LogP contribution in [0.15, 0.2) is 65.2 Å². The Morgan fingerprint density at radius 3 is 2.72 bits per heavy atom. The van der Waals surface area contributed by atoms with Crippen molar-refractivity contribution in [2.24, 2.45) is 0 Å². The maximum atomic E-state index is 12.5. The normalized spacial score (nSPS) is 11.5. The standard InChI is InChI=1S/C24H25ClN2O2/c1-3-4-8-18(21-15-20(25)12-11-17(21)2)13-14-26-24(28)23-16-22(27-29-23)19-9-6-5-7-10-19/h5-12,15-16H,3-4,13-14H2,1-2H3,(H,26,28). The average molecular weight is 409 g/mol. The Bertz CT molecular complexity index is 993. The number of rotatable bonds is 8. The summed E-state index contributed by atoms with van der Waals surface area (Å²) < 4.78 is 5.23. The van der Waals surface area contributed by atoms with E-state index in [1.165, 1.54) is 11.1 Å². The third-order valence-electron chi connectivity index (χ3n) is 4.71. The van der Waals surface area contributed by atoms with Gasteiger partial charge in [-0.05, 0) is 48.6 Å². The molecular formula is C24H25ClN2O2. The fourth-order valence-electron chi connectivity index (χ4n) is 3.13. The predicted octanol–water partition coefficient (Wildman–Crippen LogP) is 6.31. The van der Waals surface area contributed by atoms with E-state index in [4.69, 9.17) is 16.1 Å². The highest BCUT2D eigenvalue weighted by Crippen LogP contribution is 2.26. The van der Waals surface area contributed by atoms with Gasteiger partial charge in [0.05, 0.1) is 0 Å². The maximum Gasteiger partial charge on any atom is 0.289 e. The van der Waals surface area contributed by atoms with Crippen LogP contribution < -0.4 is 5.32 Å². The number of hydrogen-bond acceptors (Lipinski definition) is 3. The molecule has 3 rings (SSSR count). The van der Waals surface area contributed by atoms with Gasteiger partial charge < -0.3 is 9.84 Å². The van der Waals surface area contributed by atoms with Gasteiger partial charge in [0, 0.05) is 23.2 Å². The molecule has 0 saturated heterocycles. The van der Waals surface area contributed by atoms with Crippen LogP contribution in [-0.2, 0) is 0 Å². The summed E-state index contributed by atoms with van der Waals surface area (Å²) in [6, 6.07) is 17.2. The van der Waals surface area contributed by atoms with Gasteiger partial charge in [0.1, 0.15) is 5.69 Å². The number of unbranched alkanes of at least 4 members (excludes halogenated alkanes) is 1. The van der Waals surface area contributed by atoms with Crippen molar-refractivity contribution in [2.45, 2.75) is 33.1 Å². The Kier molecular flexibility index (Phi) is 7.25. The molecule has 150 valence electrons. The molecule has 0 fully saturated rings. The zero-order chi connectivity index (χ0) is 20.6. The first-order chi connectivity index (χ1) is 14.1. The minimum absolute atomic E-state index is 0.210. The lowest BCUT2D eigenvalue weighted by molar-refractivity contribution is 0.0918. The Hall–Kier alpha value is -2.85. The van der Waals surface area contributed by atoms with Crippen molar-refractivity contribution < 1.29 is 9.32 Å². The molecule has 0 atom stereocenters. The minimum atomic E-state index is -0.266. The Labute approximate surface area is 176 Å². The zero-order valence-corrected chi connectivity index (χ0v) is 17.5. The summed E-state index contributed by atoms with van der Waals surface area (Å²) in [4.78, 5) is 12.5. The summed E-state index contributed by atoms with van der Waals surface area (Å²) in [6.45, 7) is 4.72. The van der Waals surface area contributed by atoms with Crippen LogP contribution in [0.25, 0.3) is 16.8 Å². The maximum absolute atomic E-state index is 12.5. The first-order valence-electron chi connectivity index (χ1n) is 9.84. The number of carbonyl (C=O) groups excluding carboxylic acids is 1. The summed E-state index contributed by atoms with van der Waals surface area (Å²) in [7, 11) is 0. The van der Waals surface area contributed by atoms with Crippen molar-refractivity contribution in [3.63, 3.8) is 0 Å². The molecule has 1 heterocycles. The van der Waals surface area contributed by atoms with Crippen molar-refractivity contribution in [2.75, 3.05) is 6.54 Å².